The number of hydrogen-bond donors (Lipinski definition) is 2. The van der Waals surface area contributed by atoms with Crippen molar-refractivity contribution in [3.63, 3.8) is 0 Å². The number of nitrogens with one attached hydrogen (secondary N) is 2. The van der Waals surface area contributed by atoms with Gasteiger partial charge in [0.05, 0.1) is 0 Å². The molecule has 2 aromatic heterocycles. The van der Waals surface area contributed by atoms with Crippen LogP contribution in [0.15, 0.2) is 83.5 Å². The summed E-state index contributed by atoms with van der Waals surface area (Å²) < 4.78 is 2.99. The number of imidazole rings is 1. The van der Waals surface area contributed by atoms with Crippen LogP contribution in [0.3, 0.4) is 0 Å². The Labute approximate surface area is 177 Å². The number of halogens is 1. The molecule has 0 fully saturated rings. The molecule has 0 saturated carbocycles. The van der Waals surface area contributed by atoms with E-state index < -0.39 is 6.04 Å². The number of hydrogen-bond acceptors (Lipinski definition) is 3. The molecule has 1 amide bonds. The smallest absolute Gasteiger partial charge is 0.242 e. The highest BCUT2D eigenvalue weighted by atomic mass is 79.9. The van der Waals surface area contributed by atoms with Gasteiger partial charge in [0.15, 0.2) is 0 Å². The summed E-state index contributed by atoms with van der Waals surface area (Å²) in [5.74, 6) is 0.731. The second-order valence-corrected chi connectivity index (χ2v) is 7.66. The van der Waals surface area contributed by atoms with Crippen molar-refractivity contribution in [1.82, 2.24) is 14.7 Å². The van der Waals surface area contributed by atoms with Crippen molar-refractivity contribution >= 4 is 33.3 Å². The van der Waals surface area contributed by atoms with Crippen molar-refractivity contribution in [2.24, 2.45) is 0 Å². The lowest BCUT2D eigenvalue weighted by Crippen LogP contribution is -2.39. The Morgan fingerprint density at radius 1 is 1.03 bits per heavy atom. The fourth-order valence-corrected chi connectivity index (χ4v) is 3.61. The fourth-order valence-electron chi connectivity index (χ4n) is 3.34. The first-order chi connectivity index (χ1) is 14.2. The number of benzene rings is 2. The molecule has 5 nitrogen and oxygen atoms in total. The fraction of sp³-hybridized carbons (Fsp3) is 0.130. The van der Waals surface area contributed by atoms with E-state index in [9.17, 15) is 4.79 Å². The van der Waals surface area contributed by atoms with E-state index in [1.54, 1.807) is 7.05 Å². The zero-order valence-electron chi connectivity index (χ0n) is 16.0. The average molecular weight is 449 g/mol. The maximum absolute atomic E-state index is 12.7. The van der Waals surface area contributed by atoms with Crippen molar-refractivity contribution in [3.8, 4) is 11.3 Å². The number of carbonyl (C=O) groups is 1. The number of pyridine rings is 1. The Morgan fingerprint density at radius 2 is 1.76 bits per heavy atom. The lowest BCUT2D eigenvalue weighted by Gasteiger charge is -2.19. The zero-order valence-corrected chi connectivity index (χ0v) is 17.6. The highest BCUT2D eigenvalue weighted by Crippen LogP contribution is 2.30. The van der Waals surface area contributed by atoms with Crippen molar-refractivity contribution in [2.75, 3.05) is 12.4 Å². The number of fused-ring (bicyclic) bond motifs is 1. The molecular weight excluding hydrogens is 428 g/mol. The summed E-state index contributed by atoms with van der Waals surface area (Å²) in [5, 5.41) is 6.23. The summed E-state index contributed by atoms with van der Waals surface area (Å²) in [5.41, 5.74) is 3.70. The van der Waals surface area contributed by atoms with Gasteiger partial charge in [-0.1, -0.05) is 64.5 Å². The van der Waals surface area contributed by atoms with Crippen LogP contribution in [0.5, 0.6) is 0 Å². The van der Waals surface area contributed by atoms with Gasteiger partial charge in [-0.05, 0) is 29.8 Å². The number of carbonyl (C=O) groups excluding carboxylic acids is 1. The predicted molar refractivity (Wildman–Crippen MR) is 120 cm³/mol. The molecule has 2 N–H and O–H groups in total. The van der Waals surface area contributed by atoms with Crippen LogP contribution in [0, 0.1) is 0 Å². The average Bonchev–Trinajstić information content (AvgIpc) is 3.12. The van der Waals surface area contributed by atoms with E-state index in [1.165, 1.54) is 0 Å². The third kappa shape index (κ3) is 4.17. The van der Waals surface area contributed by atoms with Gasteiger partial charge in [-0.3, -0.25) is 9.20 Å². The predicted octanol–water partition coefficient (Wildman–Crippen LogP) is 4.53. The van der Waals surface area contributed by atoms with Gasteiger partial charge in [0.1, 0.15) is 23.2 Å². The van der Waals surface area contributed by atoms with E-state index in [0.717, 1.165) is 32.8 Å². The molecule has 0 aliphatic rings. The van der Waals surface area contributed by atoms with Crippen molar-refractivity contribution in [2.45, 2.75) is 12.5 Å². The van der Waals surface area contributed by atoms with Gasteiger partial charge < -0.3 is 10.6 Å². The molecule has 6 heteroatoms. The molecule has 0 spiro atoms. The van der Waals surface area contributed by atoms with E-state index in [4.69, 9.17) is 4.98 Å². The molecule has 2 aromatic carbocycles. The van der Waals surface area contributed by atoms with Gasteiger partial charge in [-0.2, -0.15) is 0 Å². The molecule has 1 unspecified atom stereocenters. The molecule has 4 aromatic rings. The van der Waals surface area contributed by atoms with Gasteiger partial charge >= 0.3 is 0 Å². The minimum Gasteiger partial charge on any atom is -0.357 e. The number of amides is 1. The number of anilines is 1. The van der Waals surface area contributed by atoms with Crippen LogP contribution in [-0.4, -0.2) is 28.4 Å². The normalized spacial score (nSPS) is 11.9. The van der Waals surface area contributed by atoms with Gasteiger partial charge in [0, 0.05) is 29.7 Å². The summed E-state index contributed by atoms with van der Waals surface area (Å²) in [4.78, 5) is 17.5. The van der Waals surface area contributed by atoms with Gasteiger partial charge in [-0.15, -0.1) is 0 Å². The molecule has 1 atom stereocenters. The molecule has 146 valence electrons. The molecule has 29 heavy (non-hydrogen) atoms. The quantitative estimate of drug-likeness (QED) is 0.455. The summed E-state index contributed by atoms with van der Waals surface area (Å²) in [6, 6.07) is 23.4. The van der Waals surface area contributed by atoms with Gasteiger partial charge in [-0.25, -0.2) is 4.98 Å². The van der Waals surface area contributed by atoms with Gasteiger partial charge in [0.25, 0.3) is 0 Å². The van der Waals surface area contributed by atoms with Gasteiger partial charge in [0.2, 0.25) is 5.91 Å². The summed E-state index contributed by atoms with van der Waals surface area (Å²) >= 11 is 3.48. The third-order valence-electron chi connectivity index (χ3n) is 4.80. The standard InChI is InChI=1S/C23H21BrN4O/c1-25-23(29)19(15-16-7-3-2-4-8-16)26-22-21(17-10-12-18(24)13-11-17)27-20-9-5-6-14-28(20)22/h2-14,19,26H,15H2,1H3,(H,25,29). The maximum Gasteiger partial charge on any atom is 0.242 e. The van der Waals surface area contributed by atoms with Crippen LogP contribution in [0.2, 0.25) is 0 Å². The van der Waals surface area contributed by atoms with Crippen LogP contribution < -0.4 is 10.6 Å². The number of aromatic nitrogens is 2. The van der Waals surface area contributed by atoms with Crippen molar-refractivity contribution in [1.29, 1.82) is 0 Å². The maximum atomic E-state index is 12.7. The highest BCUT2D eigenvalue weighted by molar-refractivity contribution is 9.10. The van der Waals surface area contributed by atoms with E-state index in [1.807, 2.05) is 83.4 Å². The second-order valence-electron chi connectivity index (χ2n) is 6.75. The molecule has 0 aliphatic carbocycles. The Morgan fingerprint density at radius 3 is 2.48 bits per heavy atom. The molecule has 0 radical (unpaired) electrons. The van der Waals surface area contributed by atoms with Crippen molar-refractivity contribution < 1.29 is 4.79 Å². The Bertz CT molecular complexity index is 1120. The third-order valence-corrected chi connectivity index (χ3v) is 5.33. The highest BCUT2D eigenvalue weighted by Gasteiger charge is 2.22. The molecule has 2 heterocycles. The van der Waals surface area contributed by atoms with E-state index in [-0.39, 0.29) is 5.91 Å². The first-order valence-corrected chi connectivity index (χ1v) is 10.2. The van der Waals surface area contributed by atoms with Crippen LogP contribution in [0.25, 0.3) is 16.9 Å². The number of nitrogens with zero attached hydrogens (tertiary/aromatic N) is 2. The Kier molecular flexibility index (Phi) is 5.62. The first kappa shape index (κ1) is 19.2. The minimum atomic E-state index is -0.434. The van der Waals surface area contributed by atoms with E-state index in [2.05, 4.69) is 26.6 Å². The van der Waals surface area contributed by atoms with Crippen LogP contribution >= 0.6 is 15.9 Å². The van der Waals surface area contributed by atoms with Crippen LogP contribution in [0.4, 0.5) is 5.82 Å². The van der Waals surface area contributed by atoms with Crippen LogP contribution in [-0.2, 0) is 11.2 Å². The molecular formula is C23H21BrN4O. The minimum absolute atomic E-state index is 0.0681. The van der Waals surface area contributed by atoms with Crippen molar-refractivity contribution in [3.05, 3.63) is 89.0 Å². The van der Waals surface area contributed by atoms with E-state index in [0.29, 0.717) is 6.42 Å². The monoisotopic (exact) mass is 448 g/mol. The summed E-state index contributed by atoms with van der Waals surface area (Å²) in [6.07, 6.45) is 2.52. The molecule has 0 saturated heterocycles. The second kappa shape index (κ2) is 8.49. The lowest BCUT2D eigenvalue weighted by atomic mass is 10.0. The summed E-state index contributed by atoms with van der Waals surface area (Å²) in [6.45, 7) is 0. The topological polar surface area (TPSA) is 58.4 Å². The molecule has 4 rings (SSSR count). The van der Waals surface area contributed by atoms with Crippen LogP contribution in [0.1, 0.15) is 5.56 Å². The molecule has 0 bridgehead atoms. The largest absolute Gasteiger partial charge is 0.357 e. The zero-order chi connectivity index (χ0) is 20.2. The lowest BCUT2D eigenvalue weighted by molar-refractivity contribution is -0.121. The van der Waals surface area contributed by atoms with E-state index >= 15 is 0 Å². The first-order valence-electron chi connectivity index (χ1n) is 9.41. The summed E-state index contributed by atoms with van der Waals surface area (Å²) in [7, 11) is 1.66. The Balaban J connectivity index is 1.77. The number of rotatable bonds is 6. The SMILES string of the molecule is CNC(=O)C(Cc1ccccc1)Nc1c(-c2ccc(Br)cc2)nc2ccccn12. The Hall–Kier alpha value is -3.12. The molecule has 0 aliphatic heterocycles. The number of likely N-dealkylation sites (N-methyl/N-ethyl adjacent to an activating group) is 1.